The fourth-order valence-electron chi connectivity index (χ4n) is 1.47. The lowest BCUT2D eigenvalue weighted by atomic mass is 10.1. The number of aromatic amines is 1. The Morgan fingerprint density at radius 3 is 2.80 bits per heavy atom. The van der Waals surface area contributed by atoms with Crippen molar-refractivity contribution < 1.29 is 4.92 Å². The van der Waals surface area contributed by atoms with Gasteiger partial charge in [-0.1, -0.05) is 24.3 Å². The summed E-state index contributed by atoms with van der Waals surface area (Å²) in [6.45, 7) is 1.90. The molecule has 1 aromatic heterocycles. The second kappa shape index (κ2) is 3.53. The van der Waals surface area contributed by atoms with Crippen LogP contribution in [0.1, 0.15) is 5.56 Å². The second-order valence-electron chi connectivity index (χ2n) is 3.20. The molecule has 0 fully saturated rings. The number of aromatic nitrogens is 2. The molecule has 0 aliphatic heterocycles. The molecule has 5 nitrogen and oxygen atoms in total. The minimum Gasteiger partial charge on any atom is -0.271 e. The molecule has 0 saturated carbocycles. The third-order valence-electron chi connectivity index (χ3n) is 2.23. The molecule has 1 heterocycles. The molecule has 76 valence electrons. The van der Waals surface area contributed by atoms with E-state index in [1.807, 2.05) is 31.2 Å². The molecule has 2 aromatic rings. The molecule has 0 aliphatic carbocycles. The van der Waals surface area contributed by atoms with Gasteiger partial charge >= 0.3 is 5.69 Å². The van der Waals surface area contributed by atoms with E-state index in [1.165, 1.54) is 6.20 Å². The maximum absolute atomic E-state index is 10.7. The van der Waals surface area contributed by atoms with Crippen LogP contribution in [0, 0.1) is 17.0 Å². The van der Waals surface area contributed by atoms with E-state index >= 15 is 0 Å². The predicted molar refractivity (Wildman–Crippen MR) is 55.4 cm³/mol. The first-order valence-corrected chi connectivity index (χ1v) is 4.44. The Balaban J connectivity index is 2.59. The summed E-state index contributed by atoms with van der Waals surface area (Å²) < 4.78 is 0. The van der Waals surface area contributed by atoms with Gasteiger partial charge in [-0.05, 0) is 12.5 Å². The van der Waals surface area contributed by atoms with Crippen LogP contribution in [0.25, 0.3) is 11.3 Å². The summed E-state index contributed by atoms with van der Waals surface area (Å²) in [7, 11) is 0. The topological polar surface area (TPSA) is 71.8 Å². The lowest BCUT2D eigenvalue weighted by Crippen LogP contribution is -1.90. The molecule has 1 aromatic carbocycles. The monoisotopic (exact) mass is 203 g/mol. The summed E-state index contributed by atoms with van der Waals surface area (Å²) >= 11 is 0. The van der Waals surface area contributed by atoms with Crippen LogP contribution in [0.2, 0.25) is 0 Å². The van der Waals surface area contributed by atoms with Crippen molar-refractivity contribution >= 4 is 5.69 Å². The molecule has 0 spiro atoms. The third kappa shape index (κ3) is 1.59. The van der Waals surface area contributed by atoms with Gasteiger partial charge in [0.2, 0.25) is 0 Å². The van der Waals surface area contributed by atoms with Crippen molar-refractivity contribution in [3.8, 4) is 11.3 Å². The smallest absolute Gasteiger partial charge is 0.271 e. The Bertz CT molecular complexity index is 505. The van der Waals surface area contributed by atoms with Crippen molar-refractivity contribution in [2.24, 2.45) is 0 Å². The zero-order valence-electron chi connectivity index (χ0n) is 8.10. The largest absolute Gasteiger partial charge is 0.314 e. The number of H-pyrrole nitrogens is 1. The van der Waals surface area contributed by atoms with Crippen LogP contribution in [0.15, 0.2) is 30.5 Å². The Hall–Kier alpha value is -2.17. The van der Waals surface area contributed by atoms with Crippen molar-refractivity contribution in [1.29, 1.82) is 0 Å². The molecular formula is C10H9N3O2. The normalized spacial score (nSPS) is 10.2. The van der Waals surface area contributed by atoms with Gasteiger partial charge in [0.05, 0.1) is 4.92 Å². The Morgan fingerprint density at radius 1 is 1.40 bits per heavy atom. The van der Waals surface area contributed by atoms with Crippen molar-refractivity contribution in [2.45, 2.75) is 6.92 Å². The third-order valence-corrected chi connectivity index (χ3v) is 2.23. The summed E-state index contributed by atoms with van der Waals surface area (Å²) in [5, 5.41) is 17.1. The fourth-order valence-corrected chi connectivity index (χ4v) is 1.47. The molecular weight excluding hydrogens is 194 g/mol. The quantitative estimate of drug-likeness (QED) is 0.601. The van der Waals surface area contributed by atoms with Crippen LogP contribution >= 0.6 is 0 Å². The van der Waals surface area contributed by atoms with Crippen LogP contribution < -0.4 is 0 Å². The molecule has 0 radical (unpaired) electrons. The first-order valence-electron chi connectivity index (χ1n) is 4.44. The van der Waals surface area contributed by atoms with Gasteiger partial charge in [-0.2, -0.15) is 5.10 Å². The number of nitrogens with one attached hydrogen (secondary N) is 1. The van der Waals surface area contributed by atoms with E-state index in [0.717, 1.165) is 11.1 Å². The van der Waals surface area contributed by atoms with Gasteiger partial charge in [-0.3, -0.25) is 15.2 Å². The highest BCUT2D eigenvalue weighted by Crippen LogP contribution is 2.28. The highest BCUT2D eigenvalue weighted by molar-refractivity contribution is 5.71. The van der Waals surface area contributed by atoms with Gasteiger partial charge < -0.3 is 0 Å². The van der Waals surface area contributed by atoms with Gasteiger partial charge in [-0.25, -0.2) is 0 Å². The minimum atomic E-state index is -0.439. The van der Waals surface area contributed by atoms with Crippen LogP contribution in [-0.4, -0.2) is 15.1 Å². The highest BCUT2D eigenvalue weighted by Gasteiger charge is 2.18. The van der Waals surface area contributed by atoms with E-state index in [9.17, 15) is 10.1 Å². The number of benzene rings is 1. The van der Waals surface area contributed by atoms with E-state index in [0.29, 0.717) is 5.69 Å². The van der Waals surface area contributed by atoms with Crippen LogP contribution in [-0.2, 0) is 0 Å². The van der Waals surface area contributed by atoms with Crippen LogP contribution in [0.4, 0.5) is 5.69 Å². The molecule has 5 heteroatoms. The zero-order valence-corrected chi connectivity index (χ0v) is 8.10. The molecule has 0 unspecified atom stereocenters. The Morgan fingerprint density at radius 2 is 2.13 bits per heavy atom. The Kier molecular flexibility index (Phi) is 2.21. The zero-order chi connectivity index (χ0) is 10.8. The van der Waals surface area contributed by atoms with Gasteiger partial charge in [0.25, 0.3) is 0 Å². The lowest BCUT2D eigenvalue weighted by molar-refractivity contribution is -0.384. The number of nitro groups is 1. The summed E-state index contributed by atoms with van der Waals surface area (Å²) in [5.41, 5.74) is 2.24. The first kappa shape index (κ1) is 9.39. The van der Waals surface area contributed by atoms with E-state index in [4.69, 9.17) is 0 Å². The predicted octanol–water partition coefficient (Wildman–Crippen LogP) is 2.29. The van der Waals surface area contributed by atoms with Gasteiger partial charge in [0, 0.05) is 5.56 Å². The molecule has 0 amide bonds. The van der Waals surface area contributed by atoms with E-state index in [1.54, 1.807) is 0 Å². The average Bonchev–Trinajstić information content (AvgIpc) is 2.67. The summed E-state index contributed by atoms with van der Waals surface area (Å²) in [4.78, 5) is 10.3. The van der Waals surface area contributed by atoms with E-state index in [2.05, 4.69) is 10.2 Å². The number of rotatable bonds is 2. The molecule has 15 heavy (non-hydrogen) atoms. The molecule has 0 atom stereocenters. The maximum atomic E-state index is 10.7. The lowest BCUT2D eigenvalue weighted by Gasteiger charge is -2.01. The molecule has 0 aliphatic rings. The van der Waals surface area contributed by atoms with Crippen molar-refractivity contribution in [3.63, 3.8) is 0 Å². The highest BCUT2D eigenvalue weighted by atomic mass is 16.6. The van der Waals surface area contributed by atoms with Crippen molar-refractivity contribution in [3.05, 3.63) is 46.1 Å². The molecule has 1 N–H and O–H groups in total. The van der Waals surface area contributed by atoms with Gasteiger partial charge in [-0.15, -0.1) is 0 Å². The van der Waals surface area contributed by atoms with Crippen LogP contribution in [0.5, 0.6) is 0 Å². The second-order valence-corrected chi connectivity index (χ2v) is 3.20. The standard InChI is InChI=1S/C10H9N3O2/c1-7-4-2-3-5-8(7)10-9(13(14)15)6-11-12-10/h2-6H,1H3,(H,11,12). The number of nitrogens with zero attached hydrogens (tertiary/aromatic N) is 2. The fraction of sp³-hybridized carbons (Fsp3) is 0.100. The summed E-state index contributed by atoms with van der Waals surface area (Å²) in [6.07, 6.45) is 1.22. The average molecular weight is 203 g/mol. The first-order chi connectivity index (χ1) is 7.20. The van der Waals surface area contributed by atoms with Crippen molar-refractivity contribution in [2.75, 3.05) is 0 Å². The molecule has 0 bridgehead atoms. The maximum Gasteiger partial charge on any atom is 0.314 e. The van der Waals surface area contributed by atoms with Crippen LogP contribution in [0.3, 0.4) is 0 Å². The van der Waals surface area contributed by atoms with Gasteiger partial charge in [0.15, 0.2) is 0 Å². The Labute approximate surface area is 85.9 Å². The number of hydrogen-bond acceptors (Lipinski definition) is 3. The summed E-state index contributed by atoms with van der Waals surface area (Å²) in [5.74, 6) is 0. The molecule has 0 saturated heterocycles. The van der Waals surface area contributed by atoms with Crippen molar-refractivity contribution in [1.82, 2.24) is 10.2 Å². The summed E-state index contributed by atoms with van der Waals surface area (Å²) in [6, 6.07) is 7.46. The van der Waals surface area contributed by atoms with E-state index in [-0.39, 0.29) is 5.69 Å². The SMILES string of the molecule is Cc1ccccc1-c1[nH]ncc1[N+](=O)[O-]. The number of aryl methyl sites for hydroxylation is 1. The van der Waals surface area contributed by atoms with E-state index < -0.39 is 4.92 Å². The van der Waals surface area contributed by atoms with Gasteiger partial charge in [0.1, 0.15) is 11.9 Å². The minimum absolute atomic E-state index is 0.00398. The number of hydrogen-bond donors (Lipinski definition) is 1. The molecule has 2 rings (SSSR count).